The average molecular weight is 276 g/mol. The molecule has 0 aliphatic rings. The second kappa shape index (κ2) is 5.84. The number of nitrogen functional groups attached to an aromatic ring is 1. The molecule has 5 heteroatoms. The number of rotatable bonds is 4. The second-order valence-corrected chi connectivity index (χ2v) is 5.16. The molecular formula is C14H16N2O2S. The molecule has 0 saturated heterocycles. The maximum absolute atomic E-state index is 11.8. The Bertz CT molecular complexity index is 579. The van der Waals surface area contributed by atoms with Gasteiger partial charge >= 0.3 is 5.97 Å². The molecule has 0 amide bonds. The van der Waals surface area contributed by atoms with Crippen molar-refractivity contribution >= 4 is 22.3 Å². The molecule has 0 atom stereocenters. The van der Waals surface area contributed by atoms with E-state index in [0.717, 1.165) is 29.7 Å². The normalized spacial score (nSPS) is 10.4. The van der Waals surface area contributed by atoms with Crippen LogP contribution in [0.25, 0.3) is 11.3 Å². The van der Waals surface area contributed by atoms with Gasteiger partial charge in [-0.15, -0.1) is 11.3 Å². The van der Waals surface area contributed by atoms with Crippen LogP contribution in [-0.2, 0) is 11.2 Å². The Kier molecular flexibility index (Phi) is 4.16. The van der Waals surface area contributed by atoms with Crippen LogP contribution in [0, 0.1) is 0 Å². The monoisotopic (exact) mass is 276 g/mol. The van der Waals surface area contributed by atoms with E-state index in [1.807, 2.05) is 18.2 Å². The molecule has 0 saturated carbocycles. The molecule has 0 aliphatic heterocycles. The number of anilines is 1. The minimum absolute atomic E-state index is 0.331. The SMILES string of the molecule is CCCc1c(C(=O)OC)sc(N)c1-c1ccccn1. The number of hydrogen-bond acceptors (Lipinski definition) is 5. The number of nitrogens with two attached hydrogens (primary N) is 1. The number of esters is 1. The summed E-state index contributed by atoms with van der Waals surface area (Å²) in [7, 11) is 1.38. The number of nitrogens with zero attached hydrogens (tertiary/aromatic N) is 1. The minimum atomic E-state index is -0.331. The van der Waals surface area contributed by atoms with Crippen molar-refractivity contribution in [2.75, 3.05) is 12.8 Å². The Labute approximate surface area is 116 Å². The molecule has 0 aliphatic carbocycles. The summed E-state index contributed by atoms with van der Waals surface area (Å²) < 4.78 is 4.82. The van der Waals surface area contributed by atoms with Gasteiger partial charge in [0.1, 0.15) is 4.88 Å². The average Bonchev–Trinajstić information content (AvgIpc) is 2.76. The van der Waals surface area contributed by atoms with Crippen molar-refractivity contribution < 1.29 is 9.53 Å². The summed E-state index contributed by atoms with van der Waals surface area (Å²) in [6.45, 7) is 2.07. The molecular weight excluding hydrogens is 260 g/mol. The highest BCUT2D eigenvalue weighted by atomic mass is 32.1. The third-order valence-electron chi connectivity index (χ3n) is 2.83. The van der Waals surface area contributed by atoms with Crippen LogP contribution in [0.2, 0.25) is 0 Å². The fraction of sp³-hybridized carbons (Fsp3) is 0.286. The Morgan fingerprint density at radius 3 is 2.84 bits per heavy atom. The van der Waals surface area contributed by atoms with Gasteiger partial charge < -0.3 is 10.5 Å². The van der Waals surface area contributed by atoms with E-state index in [4.69, 9.17) is 10.5 Å². The van der Waals surface area contributed by atoms with E-state index in [0.29, 0.717) is 9.88 Å². The number of carbonyl (C=O) groups is 1. The lowest BCUT2D eigenvalue weighted by molar-refractivity contribution is 0.0605. The molecule has 4 nitrogen and oxygen atoms in total. The van der Waals surface area contributed by atoms with E-state index in [1.54, 1.807) is 6.20 Å². The van der Waals surface area contributed by atoms with Crippen LogP contribution in [0.5, 0.6) is 0 Å². The van der Waals surface area contributed by atoms with Crippen LogP contribution in [0.3, 0.4) is 0 Å². The topological polar surface area (TPSA) is 65.2 Å². The van der Waals surface area contributed by atoms with Gasteiger partial charge in [-0.3, -0.25) is 4.98 Å². The molecule has 2 heterocycles. The summed E-state index contributed by atoms with van der Waals surface area (Å²) in [5, 5.41) is 0.613. The predicted octanol–water partition coefficient (Wildman–Crippen LogP) is 3.13. The maximum Gasteiger partial charge on any atom is 0.348 e. The van der Waals surface area contributed by atoms with Gasteiger partial charge in [-0.2, -0.15) is 0 Å². The van der Waals surface area contributed by atoms with Crippen LogP contribution in [0.1, 0.15) is 28.6 Å². The van der Waals surface area contributed by atoms with E-state index >= 15 is 0 Å². The number of carbonyl (C=O) groups excluding carboxylic acids is 1. The van der Waals surface area contributed by atoms with E-state index in [2.05, 4.69) is 11.9 Å². The van der Waals surface area contributed by atoms with Crippen molar-refractivity contribution in [3.05, 3.63) is 34.8 Å². The number of ether oxygens (including phenoxy) is 1. The van der Waals surface area contributed by atoms with Gasteiger partial charge in [-0.25, -0.2) is 4.79 Å². The molecule has 0 fully saturated rings. The first-order chi connectivity index (χ1) is 9.19. The zero-order valence-electron chi connectivity index (χ0n) is 11.0. The van der Waals surface area contributed by atoms with Crippen molar-refractivity contribution in [2.45, 2.75) is 19.8 Å². The van der Waals surface area contributed by atoms with Crippen LogP contribution >= 0.6 is 11.3 Å². The molecule has 0 radical (unpaired) electrons. The zero-order valence-corrected chi connectivity index (χ0v) is 11.8. The Morgan fingerprint density at radius 1 is 1.47 bits per heavy atom. The quantitative estimate of drug-likeness (QED) is 0.871. The van der Waals surface area contributed by atoms with Gasteiger partial charge in [0.05, 0.1) is 17.8 Å². The van der Waals surface area contributed by atoms with Crippen LogP contribution in [-0.4, -0.2) is 18.1 Å². The van der Waals surface area contributed by atoms with E-state index in [1.165, 1.54) is 18.4 Å². The molecule has 2 rings (SSSR count). The summed E-state index contributed by atoms with van der Waals surface area (Å²) >= 11 is 1.27. The standard InChI is InChI=1S/C14H16N2O2S/c1-3-6-9-11(10-7-4-5-8-16-10)13(15)19-12(9)14(17)18-2/h4-5,7-8H,3,6,15H2,1-2H3. The highest BCUT2D eigenvalue weighted by molar-refractivity contribution is 7.18. The number of aromatic nitrogens is 1. The van der Waals surface area contributed by atoms with E-state index in [-0.39, 0.29) is 5.97 Å². The van der Waals surface area contributed by atoms with E-state index in [9.17, 15) is 4.79 Å². The number of methoxy groups -OCH3 is 1. The maximum atomic E-state index is 11.8. The summed E-state index contributed by atoms with van der Waals surface area (Å²) in [6, 6.07) is 5.67. The molecule has 0 spiro atoms. The first kappa shape index (κ1) is 13.5. The first-order valence-corrected chi connectivity index (χ1v) is 6.91. The molecule has 2 N–H and O–H groups in total. The summed E-state index contributed by atoms with van der Waals surface area (Å²) in [4.78, 5) is 16.7. The third kappa shape index (κ3) is 2.61. The molecule has 0 unspecified atom stereocenters. The lowest BCUT2D eigenvalue weighted by Gasteiger charge is -2.05. The predicted molar refractivity (Wildman–Crippen MR) is 77.3 cm³/mol. The Balaban J connectivity index is 2.60. The van der Waals surface area contributed by atoms with Gasteiger partial charge in [-0.05, 0) is 24.1 Å². The molecule has 100 valence electrons. The van der Waals surface area contributed by atoms with Gasteiger partial charge in [0.25, 0.3) is 0 Å². The summed E-state index contributed by atoms with van der Waals surface area (Å²) in [6.07, 6.45) is 3.43. The van der Waals surface area contributed by atoms with Gasteiger partial charge in [0.2, 0.25) is 0 Å². The number of hydrogen-bond donors (Lipinski definition) is 1. The second-order valence-electron chi connectivity index (χ2n) is 4.11. The molecule has 2 aromatic rings. The number of thiophene rings is 1. The molecule has 19 heavy (non-hydrogen) atoms. The Hall–Kier alpha value is -1.88. The highest BCUT2D eigenvalue weighted by Crippen LogP contribution is 2.39. The molecule has 0 aromatic carbocycles. The van der Waals surface area contributed by atoms with Gasteiger partial charge in [0, 0.05) is 11.8 Å². The lowest BCUT2D eigenvalue weighted by Crippen LogP contribution is -2.02. The van der Waals surface area contributed by atoms with Crippen molar-refractivity contribution in [1.82, 2.24) is 4.98 Å². The highest BCUT2D eigenvalue weighted by Gasteiger charge is 2.22. The molecule has 0 bridgehead atoms. The van der Waals surface area contributed by atoms with Crippen molar-refractivity contribution in [1.29, 1.82) is 0 Å². The van der Waals surface area contributed by atoms with Crippen LogP contribution < -0.4 is 5.73 Å². The minimum Gasteiger partial charge on any atom is -0.465 e. The molecule has 2 aromatic heterocycles. The van der Waals surface area contributed by atoms with Crippen molar-refractivity contribution in [3.63, 3.8) is 0 Å². The lowest BCUT2D eigenvalue weighted by atomic mass is 10.0. The van der Waals surface area contributed by atoms with Gasteiger partial charge in [-0.1, -0.05) is 19.4 Å². The Morgan fingerprint density at radius 2 is 2.26 bits per heavy atom. The number of pyridine rings is 1. The summed E-state index contributed by atoms with van der Waals surface area (Å²) in [5.74, 6) is -0.331. The van der Waals surface area contributed by atoms with E-state index < -0.39 is 0 Å². The fourth-order valence-corrected chi connectivity index (χ4v) is 3.07. The van der Waals surface area contributed by atoms with Crippen LogP contribution in [0.4, 0.5) is 5.00 Å². The van der Waals surface area contributed by atoms with Gasteiger partial charge in [0.15, 0.2) is 0 Å². The largest absolute Gasteiger partial charge is 0.465 e. The zero-order chi connectivity index (χ0) is 13.8. The third-order valence-corrected chi connectivity index (χ3v) is 3.87. The summed E-state index contributed by atoms with van der Waals surface area (Å²) in [5.41, 5.74) is 8.68. The van der Waals surface area contributed by atoms with Crippen LogP contribution in [0.15, 0.2) is 24.4 Å². The fourth-order valence-electron chi connectivity index (χ4n) is 2.02. The first-order valence-electron chi connectivity index (χ1n) is 6.09. The smallest absolute Gasteiger partial charge is 0.348 e. The van der Waals surface area contributed by atoms with Crippen molar-refractivity contribution in [3.8, 4) is 11.3 Å². The van der Waals surface area contributed by atoms with Crippen molar-refractivity contribution in [2.24, 2.45) is 0 Å².